The molecule has 0 spiro atoms. The van der Waals surface area contributed by atoms with E-state index in [0.717, 1.165) is 48.2 Å². The number of hydrogen-bond acceptors (Lipinski definition) is 8. The van der Waals surface area contributed by atoms with Gasteiger partial charge < -0.3 is 20.1 Å². The van der Waals surface area contributed by atoms with Gasteiger partial charge in [0, 0.05) is 50.4 Å². The SMILES string of the molecule is COc1nc(-c2cc3cn(C)nc3c(C)c2O)nc2ncc(N3CCNCC3)cc12. The summed E-state index contributed by atoms with van der Waals surface area (Å²) in [6.45, 7) is 5.57. The van der Waals surface area contributed by atoms with E-state index < -0.39 is 0 Å². The zero-order valence-corrected chi connectivity index (χ0v) is 17.2. The average Bonchev–Trinajstić information content (AvgIpc) is 3.16. The van der Waals surface area contributed by atoms with Gasteiger partial charge >= 0.3 is 0 Å². The van der Waals surface area contributed by atoms with E-state index in [-0.39, 0.29) is 5.75 Å². The van der Waals surface area contributed by atoms with Crippen LogP contribution in [-0.4, -0.2) is 63.1 Å². The predicted octanol–water partition coefficient (Wildman–Crippen LogP) is 2.01. The number of ether oxygens (including phenoxy) is 1. The number of phenols is 1. The number of fused-ring (bicyclic) bond motifs is 2. The molecule has 30 heavy (non-hydrogen) atoms. The molecule has 5 rings (SSSR count). The molecule has 0 bridgehead atoms. The minimum atomic E-state index is 0.111. The van der Waals surface area contributed by atoms with Crippen molar-refractivity contribution in [1.29, 1.82) is 0 Å². The van der Waals surface area contributed by atoms with Crippen LogP contribution in [-0.2, 0) is 7.05 Å². The summed E-state index contributed by atoms with van der Waals surface area (Å²) in [5, 5.41) is 20.2. The highest BCUT2D eigenvalue weighted by Crippen LogP contribution is 2.37. The minimum absolute atomic E-state index is 0.111. The first-order valence-corrected chi connectivity index (χ1v) is 9.89. The quantitative estimate of drug-likeness (QED) is 0.534. The monoisotopic (exact) mass is 405 g/mol. The van der Waals surface area contributed by atoms with Crippen LogP contribution in [0.4, 0.5) is 5.69 Å². The second kappa shape index (κ2) is 7.10. The van der Waals surface area contributed by atoms with E-state index in [0.29, 0.717) is 28.5 Å². The Morgan fingerprint density at radius 3 is 2.73 bits per heavy atom. The van der Waals surface area contributed by atoms with Gasteiger partial charge in [-0.15, -0.1) is 0 Å². The van der Waals surface area contributed by atoms with Gasteiger partial charge in [0.25, 0.3) is 0 Å². The molecule has 0 atom stereocenters. The Morgan fingerprint density at radius 2 is 1.97 bits per heavy atom. The molecule has 1 saturated heterocycles. The molecule has 0 aliphatic carbocycles. The van der Waals surface area contributed by atoms with Gasteiger partial charge in [0.2, 0.25) is 5.88 Å². The normalized spacial score (nSPS) is 14.6. The van der Waals surface area contributed by atoms with Crippen LogP contribution in [0.15, 0.2) is 24.5 Å². The molecule has 0 saturated carbocycles. The maximum atomic E-state index is 10.8. The Balaban J connectivity index is 1.65. The Hall–Kier alpha value is -3.46. The molecule has 9 nitrogen and oxygen atoms in total. The van der Waals surface area contributed by atoms with E-state index in [1.54, 1.807) is 11.8 Å². The minimum Gasteiger partial charge on any atom is -0.507 e. The number of hydrogen-bond donors (Lipinski definition) is 2. The molecule has 1 fully saturated rings. The van der Waals surface area contributed by atoms with Gasteiger partial charge in [-0.25, -0.2) is 9.97 Å². The molecule has 9 heteroatoms. The number of nitrogens with zero attached hydrogens (tertiary/aromatic N) is 6. The van der Waals surface area contributed by atoms with Crippen LogP contribution in [0, 0.1) is 6.92 Å². The summed E-state index contributed by atoms with van der Waals surface area (Å²) in [5.41, 5.74) is 3.52. The molecule has 1 aromatic carbocycles. The van der Waals surface area contributed by atoms with Crippen molar-refractivity contribution in [3.63, 3.8) is 0 Å². The number of phenolic OH excluding ortho intramolecular Hbond substituents is 1. The molecular formula is C21H23N7O2. The van der Waals surface area contributed by atoms with E-state index in [4.69, 9.17) is 4.74 Å². The van der Waals surface area contributed by atoms with Crippen molar-refractivity contribution < 1.29 is 9.84 Å². The summed E-state index contributed by atoms with van der Waals surface area (Å²) in [6, 6.07) is 3.87. The molecule has 0 unspecified atom stereocenters. The third kappa shape index (κ3) is 2.98. The van der Waals surface area contributed by atoms with Gasteiger partial charge in [-0.2, -0.15) is 10.1 Å². The largest absolute Gasteiger partial charge is 0.507 e. The molecule has 4 aromatic rings. The maximum Gasteiger partial charge on any atom is 0.226 e. The lowest BCUT2D eigenvalue weighted by atomic mass is 10.1. The first-order chi connectivity index (χ1) is 14.5. The number of aromatic hydroxyl groups is 1. The van der Waals surface area contributed by atoms with Crippen molar-refractivity contribution in [2.45, 2.75) is 6.92 Å². The number of rotatable bonds is 3. The first-order valence-electron chi connectivity index (χ1n) is 9.89. The fraction of sp³-hybridized carbons (Fsp3) is 0.333. The van der Waals surface area contributed by atoms with Crippen molar-refractivity contribution in [2.75, 3.05) is 38.2 Å². The Labute approximate surface area is 173 Å². The lowest BCUT2D eigenvalue weighted by molar-refractivity contribution is 0.403. The maximum absolute atomic E-state index is 10.8. The van der Waals surface area contributed by atoms with Gasteiger partial charge in [0.15, 0.2) is 11.5 Å². The van der Waals surface area contributed by atoms with E-state index >= 15 is 0 Å². The highest BCUT2D eigenvalue weighted by molar-refractivity contribution is 5.91. The second-order valence-electron chi connectivity index (χ2n) is 7.50. The lowest BCUT2D eigenvalue weighted by Gasteiger charge is -2.29. The number of methoxy groups -OCH3 is 1. The van der Waals surface area contributed by atoms with Crippen LogP contribution in [0.3, 0.4) is 0 Å². The molecule has 1 aliphatic heterocycles. The number of pyridine rings is 1. The van der Waals surface area contributed by atoms with Crippen LogP contribution in [0.2, 0.25) is 0 Å². The van der Waals surface area contributed by atoms with Crippen molar-refractivity contribution in [3.8, 4) is 23.0 Å². The topological polar surface area (TPSA) is 101 Å². The number of benzene rings is 1. The third-order valence-electron chi connectivity index (χ3n) is 5.54. The molecule has 4 heterocycles. The summed E-state index contributed by atoms with van der Waals surface area (Å²) in [5.74, 6) is 0.913. The molecule has 154 valence electrons. The highest BCUT2D eigenvalue weighted by atomic mass is 16.5. The predicted molar refractivity (Wildman–Crippen MR) is 115 cm³/mol. The van der Waals surface area contributed by atoms with Gasteiger partial charge in [-0.05, 0) is 19.1 Å². The van der Waals surface area contributed by atoms with Crippen LogP contribution < -0.4 is 15.0 Å². The van der Waals surface area contributed by atoms with E-state index in [9.17, 15) is 5.11 Å². The average molecular weight is 405 g/mol. The van der Waals surface area contributed by atoms with Gasteiger partial charge in [0.05, 0.1) is 35.5 Å². The number of anilines is 1. The van der Waals surface area contributed by atoms with Gasteiger partial charge in [-0.1, -0.05) is 0 Å². The summed E-state index contributed by atoms with van der Waals surface area (Å²) in [6.07, 6.45) is 3.74. The van der Waals surface area contributed by atoms with Crippen molar-refractivity contribution in [2.24, 2.45) is 7.05 Å². The van der Waals surface area contributed by atoms with Gasteiger partial charge in [-0.3, -0.25) is 4.68 Å². The molecule has 3 aromatic heterocycles. The van der Waals surface area contributed by atoms with E-state index in [1.165, 1.54) is 0 Å². The fourth-order valence-electron chi connectivity index (χ4n) is 3.96. The number of aryl methyl sites for hydroxylation is 2. The number of nitrogens with one attached hydrogen (secondary N) is 1. The zero-order chi connectivity index (χ0) is 20.8. The number of piperazine rings is 1. The van der Waals surface area contributed by atoms with Crippen molar-refractivity contribution in [1.82, 2.24) is 30.0 Å². The molecular weight excluding hydrogens is 382 g/mol. The zero-order valence-electron chi connectivity index (χ0n) is 17.2. The van der Waals surface area contributed by atoms with Crippen LogP contribution >= 0.6 is 0 Å². The van der Waals surface area contributed by atoms with E-state index in [1.807, 2.05) is 38.5 Å². The molecule has 2 N–H and O–H groups in total. The molecule has 1 aliphatic rings. The summed E-state index contributed by atoms with van der Waals surface area (Å²) in [7, 11) is 3.43. The first kappa shape index (κ1) is 18.6. The second-order valence-corrected chi connectivity index (χ2v) is 7.50. The summed E-state index contributed by atoms with van der Waals surface area (Å²) >= 11 is 0. The van der Waals surface area contributed by atoms with Crippen LogP contribution in [0.1, 0.15) is 5.56 Å². The Morgan fingerprint density at radius 1 is 1.17 bits per heavy atom. The lowest BCUT2D eigenvalue weighted by Crippen LogP contribution is -2.43. The summed E-state index contributed by atoms with van der Waals surface area (Å²) < 4.78 is 7.30. The smallest absolute Gasteiger partial charge is 0.226 e. The Kier molecular flexibility index (Phi) is 4.39. The van der Waals surface area contributed by atoms with E-state index in [2.05, 4.69) is 30.3 Å². The standard InChI is InChI=1S/C21H23N7O2/c1-12-17-13(11-27(2)26-17)8-15(18(12)29)20-24-19-16(21(25-20)30-3)9-14(10-23-19)28-6-4-22-5-7-28/h8-11,22,29H,4-7H2,1-3H3. The highest BCUT2D eigenvalue weighted by Gasteiger charge is 2.19. The third-order valence-corrected chi connectivity index (χ3v) is 5.54. The number of aromatic nitrogens is 5. The fourth-order valence-corrected chi connectivity index (χ4v) is 3.96. The van der Waals surface area contributed by atoms with Crippen molar-refractivity contribution in [3.05, 3.63) is 30.1 Å². The van der Waals surface area contributed by atoms with Crippen molar-refractivity contribution >= 4 is 27.6 Å². The molecule has 0 radical (unpaired) electrons. The summed E-state index contributed by atoms with van der Waals surface area (Å²) in [4.78, 5) is 16.1. The van der Waals surface area contributed by atoms with Crippen LogP contribution in [0.5, 0.6) is 11.6 Å². The van der Waals surface area contributed by atoms with Gasteiger partial charge in [0.1, 0.15) is 5.75 Å². The molecule has 0 amide bonds. The Bertz CT molecular complexity index is 1260. The van der Waals surface area contributed by atoms with Crippen LogP contribution in [0.25, 0.3) is 33.3 Å².